The maximum atomic E-state index is 13.6. The van der Waals surface area contributed by atoms with Gasteiger partial charge in [-0.3, -0.25) is 4.79 Å². The zero-order valence-electron chi connectivity index (χ0n) is 19.2. The number of fused-ring (bicyclic) bond motifs is 2. The number of hydrogen-bond acceptors (Lipinski definition) is 5. The van der Waals surface area contributed by atoms with E-state index in [2.05, 4.69) is 9.47 Å². The first-order chi connectivity index (χ1) is 15.8. The van der Waals surface area contributed by atoms with Gasteiger partial charge >= 0.3 is 0 Å². The number of likely N-dealkylation sites (N-methyl/N-ethyl adjacent to an activating group) is 1. The molecule has 3 aromatic rings. The van der Waals surface area contributed by atoms with Crippen LogP contribution >= 0.6 is 11.6 Å². The minimum atomic E-state index is -0.271. The van der Waals surface area contributed by atoms with Crippen LogP contribution in [-0.2, 0) is 13.0 Å². The molecule has 4 rings (SSSR count). The van der Waals surface area contributed by atoms with Gasteiger partial charge in [-0.2, -0.15) is 0 Å². The predicted octanol–water partition coefficient (Wildman–Crippen LogP) is 4.63. The first-order valence-electron chi connectivity index (χ1n) is 11.0. The lowest BCUT2D eigenvalue weighted by molar-refractivity contribution is 0.0856. The second kappa shape index (κ2) is 9.41. The predicted molar refractivity (Wildman–Crippen MR) is 135 cm³/mol. The fraction of sp³-hybridized carbons (Fsp3) is 0.308. The number of carbonyl (C=O) groups is 1. The van der Waals surface area contributed by atoms with Gasteiger partial charge in [-0.05, 0) is 62.8 Å². The molecule has 2 aromatic carbocycles. The molecule has 0 spiro atoms. The Morgan fingerprint density at radius 3 is 2.79 bits per heavy atom. The van der Waals surface area contributed by atoms with Gasteiger partial charge in [0.15, 0.2) is 5.78 Å². The van der Waals surface area contributed by atoms with E-state index < -0.39 is 0 Å². The molecule has 172 valence electrons. The summed E-state index contributed by atoms with van der Waals surface area (Å²) in [5.41, 5.74) is 10.7. The Morgan fingerprint density at radius 2 is 2.09 bits per heavy atom. The van der Waals surface area contributed by atoms with E-state index in [1.807, 2.05) is 50.6 Å². The van der Waals surface area contributed by atoms with Gasteiger partial charge in [0.1, 0.15) is 5.75 Å². The fourth-order valence-corrected chi connectivity index (χ4v) is 4.52. The highest BCUT2D eigenvalue weighted by atomic mass is 35.5. The van der Waals surface area contributed by atoms with Crippen molar-refractivity contribution >= 4 is 40.1 Å². The molecule has 1 aliphatic rings. The van der Waals surface area contributed by atoms with E-state index in [4.69, 9.17) is 27.5 Å². The summed E-state index contributed by atoms with van der Waals surface area (Å²) in [5, 5.41) is 9.30. The van der Waals surface area contributed by atoms with Crippen molar-refractivity contribution in [2.24, 2.45) is 11.7 Å². The van der Waals surface area contributed by atoms with Gasteiger partial charge in [0, 0.05) is 58.3 Å². The molecule has 0 amide bonds. The number of carbonyl (C=O) groups excluding carboxylic acids is 1. The van der Waals surface area contributed by atoms with Crippen LogP contribution in [0.2, 0.25) is 5.02 Å². The molecular formula is C26H29ClN4O2. The Kier molecular flexibility index (Phi) is 6.58. The number of halogens is 1. The maximum absolute atomic E-state index is 13.6. The third-order valence-corrected chi connectivity index (χ3v) is 6.35. The van der Waals surface area contributed by atoms with Crippen LogP contribution in [0, 0.1) is 11.3 Å². The number of nitrogens with one attached hydrogen (secondary N) is 1. The van der Waals surface area contributed by atoms with Crippen LogP contribution in [0.4, 0.5) is 0 Å². The Bertz CT molecular complexity index is 1250. The van der Waals surface area contributed by atoms with E-state index in [1.54, 1.807) is 13.0 Å². The summed E-state index contributed by atoms with van der Waals surface area (Å²) in [5.74, 6) is 0.594. The molecule has 0 aliphatic carbocycles. The topological polar surface area (TPSA) is 84.3 Å². The normalized spacial score (nSPS) is 16.3. The maximum Gasteiger partial charge on any atom is 0.171 e. The number of allylic oxidation sites excluding steroid dienone is 2. The third-order valence-electron chi connectivity index (χ3n) is 6.12. The number of Topliss-reactive ketones (excluding diaryl/α,β-unsaturated/α-hetero) is 1. The van der Waals surface area contributed by atoms with E-state index in [0.29, 0.717) is 34.9 Å². The van der Waals surface area contributed by atoms with Crippen molar-refractivity contribution in [1.29, 1.82) is 5.41 Å². The lowest BCUT2D eigenvalue weighted by Crippen LogP contribution is -2.28. The first kappa shape index (κ1) is 23.1. The summed E-state index contributed by atoms with van der Waals surface area (Å²) in [7, 11) is 4.05. The summed E-state index contributed by atoms with van der Waals surface area (Å²) in [6.07, 6.45) is 3.83. The highest BCUT2D eigenvalue weighted by Gasteiger charge is 2.29. The lowest BCUT2D eigenvalue weighted by atomic mass is 9.89. The van der Waals surface area contributed by atoms with Crippen LogP contribution in [0.5, 0.6) is 5.75 Å². The van der Waals surface area contributed by atoms with E-state index in [1.165, 1.54) is 6.21 Å². The molecule has 7 heteroatoms. The van der Waals surface area contributed by atoms with Crippen molar-refractivity contribution in [3.05, 3.63) is 70.0 Å². The van der Waals surface area contributed by atoms with Gasteiger partial charge in [-0.1, -0.05) is 23.7 Å². The van der Waals surface area contributed by atoms with Crippen molar-refractivity contribution in [1.82, 2.24) is 9.47 Å². The van der Waals surface area contributed by atoms with Crippen LogP contribution in [0.1, 0.15) is 28.4 Å². The van der Waals surface area contributed by atoms with Crippen LogP contribution in [0.3, 0.4) is 0 Å². The standard InChI is InChI=1S/C26H29ClN4O2/c1-16(29)22(13-28)17-4-6-21-23(14-31(24(21)12-17)9-8-30(2)3)26(32)19-10-18-11-20(27)5-7-25(18)33-15-19/h4-7,11-14,19,28H,8-10,15,29H2,1-3H3/b22-16+,28-13?. The molecule has 3 N–H and O–H groups in total. The molecule has 33 heavy (non-hydrogen) atoms. The number of ether oxygens (including phenoxy) is 1. The number of rotatable bonds is 7. The van der Waals surface area contributed by atoms with E-state index in [0.717, 1.165) is 40.9 Å². The van der Waals surface area contributed by atoms with Gasteiger partial charge in [0.2, 0.25) is 0 Å². The van der Waals surface area contributed by atoms with Crippen molar-refractivity contribution in [3.63, 3.8) is 0 Å². The van der Waals surface area contributed by atoms with Gasteiger partial charge in [0.05, 0.1) is 12.5 Å². The average molecular weight is 465 g/mol. The minimum Gasteiger partial charge on any atom is -0.493 e. The van der Waals surface area contributed by atoms with Crippen LogP contribution in [0.25, 0.3) is 16.5 Å². The molecule has 1 atom stereocenters. The molecule has 1 unspecified atom stereocenters. The molecule has 0 saturated carbocycles. The summed E-state index contributed by atoms with van der Waals surface area (Å²) < 4.78 is 8.00. The Balaban J connectivity index is 1.74. The second-order valence-corrected chi connectivity index (χ2v) is 9.28. The summed E-state index contributed by atoms with van der Waals surface area (Å²) in [6.45, 7) is 3.72. The van der Waals surface area contributed by atoms with Gasteiger partial charge in [0.25, 0.3) is 0 Å². The van der Waals surface area contributed by atoms with Crippen LogP contribution < -0.4 is 10.5 Å². The third kappa shape index (κ3) is 4.68. The average Bonchev–Trinajstić information content (AvgIpc) is 3.15. The van der Waals surface area contributed by atoms with Gasteiger partial charge in [-0.25, -0.2) is 0 Å². The van der Waals surface area contributed by atoms with Crippen molar-refractivity contribution in [3.8, 4) is 5.75 Å². The molecule has 2 heterocycles. The van der Waals surface area contributed by atoms with Crippen molar-refractivity contribution in [2.45, 2.75) is 19.9 Å². The largest absolute Gasteiger partial charge is 0.493 e. The minimum absolute atomic E-state index is 0.0693. The smallest absolute Gasteiger partial charge is 0.171 e. The van der Waals surface area contributed by atoms with E-state index >= 15 is 0 Å². The number of nitrogens with two attached hydrogens (primary N) is 1. The quantitative estimate of drug-likeness (QED) is 0.394. The highest BCUT2D eigenvalue weighted by Crippen LogP contribution is 2.33. The molecule has 0 bridgehead atoms. The monoisotopic (exact) mass is 464 g/mol. The summed E-state index contributed by atoms with van der Waals surface area (Å²) in [6, 6.07) is 11.5. The zero-order chi connectivity index (χ0) is 23.7. The molecule has 1 aromatic heterocycles. The Morgan fingerprint density at radius 1 is 1.30 bits per heavy atom. The SMILES string of the molecule is C/C(N)=C(/C=N)c1ccc2c(C(=O)C3COc4ccc(Cl)cc4C3)cn(CCN(C)C)c2c1. The van der Waals surface area contributed by atoms with Crippen LogP contribution in [0.15, 0.2) is 48.3 Å². The Labute approximate surface area is 199 Å². The molecule has 0 saturated heterocycles. The summed E-state index contributed by atoms with van der Waals surface area (Å²) in [4.78, 5) is 15.8. The fourth-order valence-electron chi connectivity index (χ4n) is 4.32. The number of benzene rings is 2. The zero-order valence-corrected chi connectivity index (χ0v) is 19.9. The second-order valence-electron chi connectivity index (χ2n) is 8.84. The lowest BCUT2D eigenvalue weighted by Gasteiger charge is -2.24. The molecule has 1 aliphatic heterocycles. The molecular weight excluding hydrogens is 436 g/mol. The van der Waals surface area contributed by atoms with Gasteiger partial charge < -0.3 is 25.3 Å². The van der Waals surface area contributed by atoms with E-state index in [9.17, 15) is 4.79 Å². The summed E-state index contributed by atoms with van der Waals surface area (Å²) >= 11 is 6.16. The first-order valence-corrected chi connectivity index (χ1v) is 11.4. The molecule has 0 radical (unpaired) electrons. The van der Waals surface area contributed by atoms with Crippen molar-refractivity contribution in [2.75, 3.05) is 27.2 Å². The van der Waals surface area contributed by atoms with E-state index in [-0.39, 0.29) is 11.7 Å². The van der Waals surface area contributed by atoms with Gasteiger partial charge in [-0.15, -0.1) is 0 Å². The number of hydrogen-bond donors (Lipinski definition) is 2. The molecule has 0 fully saturated rings. The molecule has 6 nitrogen and oxygen atoms in total. The number of ketones is 1. The number of aromatic nitrogens is 1. The van der Waals surface area contributed by atoms with Crippen molar-refractivity contribution < 1.29 is 9.53 Å². The number of nitrogens with zero attached hydrogens (tertiary/aromatic N) is 2. The highest BCUT2D eigenvalue weighted by molar-refractivity contribution is 6.30. The Hall–Kier alpha value is -3.09. The van der Waals surface area contributed by atoms with Crippen LogP contribution in [-0.4, -0.2) is 48.7 Å².